The highest BCUT2D eigenvalue weighted by Gasteiger charge is 2.38. The van der Waals surface area contributed by atoms with Crippen LogP contribution >= 0.6 is 0 Å². The van der Waals surface area contributed by atoms with Gasteiger partial charge in [-0.05, 0) is 19.3 Å². The topological polar surface area (TPSA) is 49.4 Å². The van der Waals surface area contributed by atoms with Gasteiger partial charge in [0, 0.05) is 19.0 Å². The van der Waals surface area contributed by atoms with Crippen LogP contribution in [0, 0.1) is 5.41 Å². The number of nitrogens with one attached hydrogen (secondary N) is 1. The highest BCUT2D eigenvalue weighted by molar-refractivity contribution is 5.90. The van der Waals surface area contributed by atoms with Crippen LogP contribution in [0.25, 0.3) is 0 Å². The van der Waals surface area contributed by atoms with Crippen LogP contribution in [0.1, 0.15) is 41.0 Å². The zero-order valence-corrected chi connectivity index (χ0v) is 10.8. The van der Waals surface area contributed by atoms with Crippen molar-refractivity contribution in [1.82, 2.24) is 10.2 Å². The summed E-state index contributed by atoms with van der Waals surface area (Å²) in [6, 6.07) is -0.269. The predicted molar refractivity (Wildman–Crippen MR) is 62.9 cm³/mol. The first kappa shape index (κ1) is 13.0. The van der Waals surface area contributed by atoms with Gasteiger partial charge in [-0.25, -0.2) is 0 Å². The Morgan fingerprint density at radius 1 is 1.31 bits per heavy atom. The molecule has 0 spiro atoms. The molecule has 1 saturated heterocycles. The van der Waals surface area contributed by atoms with Crippen molar-refractivity contribution in [2.24, 2.45) is 5.41 Å². The zero-order valence-electron chi connectivity index (χ0n) is 10.8. The number of nitrogens with zero attached hydrogens (tertiary/aromatic N) is 1. The molecule has 1 aliphatic heterocycles. The Hall–Kier alpha value is -1.06. The van der Waals surface area contributed by atoms with E-state index in [0.29, 0.717) is 13.0 Å². The van der Waals surface area contributed by atoms with Gasteiger partial charge >= 0.3 is 0 Å². The van der Waals surface area contributed by atoms with Crippen molar-refractivity contribution in [1.29, 1.82) is 0 Å². The van der Waals surface area contributed by atoms with Gasteiger partial charge in [0.05, 0.1) is 0 Å². The van der Waals surface area contributed by atoms with Gasteiger partial charge in [0.25, 0.3) is 0 Å². The fraction of sp³-hybridized carbons (Fsp3) is 0.833. The smallest absolute Gasteiger partial charge is 0.245 e. The number of rotatable bonds is 1. The fourth-order valence-electron chi connectivity index (χ4n) is 1.89. The minimum atomic E-state index is -0.412. The summed E-state index contributed by atoms with van der Waals surface area (Å²) in [6.07, 6.45) is 0.399. The summed E-state index contributed by atoms with van der Waals surface area (Å²) in [5.41, 5.74) is -0.246. The summed E-state index contributed by atoms with van der Waals surface area (Å²) in [6.45, 7) is 10.4. The lowest BCUT2D eigenvalue weighted by Crippen LogP contribution is -2.53. The van der Waals surface area contributed by atoms with Crippen LogP contribution in [0.2, 0.25) is 0 Å². The van der Waals surface area contributed by atoms with Crippen LogP contribution in [0.3, 0.4) is 0 Å². The van der Waals surface area contributed by atoms with E-state index in [1.807, 2.05) is 34.6 Å². The molecular formula is C12H22N2O2. The average molecular weight is 226 g/mol. The predicted octanol–water partition coefficient (Wildman–Crippen LogP) is 1.16. The highest BCUT2D eigenvalue weighted by Crippen LogP contribution is 2.23. The first-order valence-electron chi connectivity index (χ1n) is 5.83. The van der Waals surface area contributed by atoms with Gasteiger partial charge < -0.3 is 10.2 Å². The number of hydrogen-bond donors (Lipinski definition) is 1. The minimum absolute atomic E-state index is 0.0311. The molecule has 1 unspecified atom stereocenters. The average Bonchev–Trinajstić information content (AvgIpc) is 2.25. The molecule has 92 valence electrons. The second kappa shape index (κ2) is 4.44. The van der Waals surface area contributed by atoms with E-state index in [9.17, 15) is 9.59 Å². The van der Waals surface area contributed by atoms with E-state index in [2.05, 4.69) is 5.32 Å². The normalized spacial score (nSPS) is 23.4. The Kier molecular flexibility index (Phi) is 3.61. The molecule has 1 N–H and O–H groups in total. The van der Waals surface area contributed by atoms with Crippen molar-refractivity contribution >= 4 is 11.8 Å². The van der Waals surface area contributed by atoms with Gasteiger partial charge in [0.1, 0.15) is 6.04 Å². The molecule has 4 nitrogen and oxygen atoms in total. The molecule has 1 rings (SSSR count). The number of hydrogen-bond acceptors (Lipinski definition) is 2. The molecule has 2 amide bonds. The molecule has 1 fully saturated rings. The Morgan fingerprint density at radius 3 is 2.31 bits per heavy atom. The summed E-state index contributed by atoms with van der Waals surface area (Å²) < 4.78 is 0. The first-order valence-corrected chi connectivity index (χ1v) is 5.83. The fourth-order valence-corrected chi connectivity index (χ4v) is 1.89. The Bertz CT molecular complexity index is 292. The maximum atomic E-state index is 12.3. The Labute approximate surface area is 97.4 Å². The van der Waals surface area contributed by atoms with Crippen LogP contribution in [-0.4, -0.2) is 35.3 Å². The van der Waals surface area contributed by atoms with Crippen molar-refractivity contribution in [2.45, 2.75) is 53.1 Å². The largest absolute Gasteiger partial charge is 0.344 e. The third kappa shape index (κ3) is 2.74. The van der Waals surface area contributed by atoms with Crippen LogP contribution < -0.4 is 5.32 Å². The summed E-state index contributed by atoms with van der Waals surface area (Å²) in [7, 11) is 0. The van der Waals surface area contributed by atoms with Gasteiger partial charge in [0.15, 0.2) is 0 Å². The standard InChI is InChI=1S/C12H22N2O2/c1-8(2)14-7-6-9(15)13-10(11(14)16)12(3,4)5/h8,10H,6-7H2,1-5H3,(H,13,15). The lowest BCUT2D eigenvalue weighted by molar-refractivity contribution is -0.137. The third-order valence-electron chi connectivity index (χ3n) is 2.90. The lowest BCUT2D eigenvalue weighted by Gasteiger charge is -2.34. The molecule has 0 aromatic carbocycles. The molecule has 0 bridgehead atoms. The highest BCUT2D eigenvalue weighted by atomic mass is 16.2. The lowest BCUT2D eigenvalue weighted by atomic mass is 9.86. The molecule has 1 atom stereocenters. The van der Waals surface area contributed by atoms with Gasteiger partial charge in [-0.2, -0.15) is 0 Å². The van der Waals surface area contributed by atoms with E-state index in [1.54, 1.807) is 4.90 Å². The van der Waals surface area contributed by atoms with Gasteiger partial charge in [-0.15, -0.1) is 0 Å². The van der Waals surface area contributed by atoms with Crippen LogP contribution in [0.15, 0.2) is 0 Å². The molecule has 0 aliphatic carbocycles. The van der Waals surface area contributed by atoms with Crippen LogP contribution in [-0.2, 0) is 9.59 Å². The third-order valence-corrected chi connectivity index (χ3v) is 2.90. The zero-order chi connectivity index (χ0) is 12.5. The van der Waals surface area contributed by atoms with Crippen LogP contribution in [0.5, 0.6) is 0 Å². The minimum Gasteiger partial charge on any atom is -0.344 e. The van der Waals surface area contributed by atoms with Gasteiger partial charge in [0.2, 0.25) is 11.8 Å². The molecule has 0 aromatic heterocycles. The van der Waals surface area contributed by atoms with Crippen LogP contribution in [0.4, 0.5) is 0 Å². The quantitative estimate of drug-likeness (QED) is 0.729. The van der Waals surface area contributed by atoms with Crippen molar-refractivity contribution in [3.63, 3.8) is 0 Å². The van der Waals surface area contributed by atoms with E-state index in [1.165, 1.54) is 0 Å². The summed E-state index contributed by atoms with van der Waals surface area (Å²) in [5.74, 6) is 0.00442. The van der Waals surface area contributed by atoms with E-state index in [4.69, 9.17) is 0 Å². The van der Waals surface area contributed by atoms with Gasteiger partial charge in [-0.3, -0.25) is 9.59 Å². The molecule has 0 saturated carbocycles. The Morgan fingerprint density at radius 2 is 1.88 bits per heavy atom. The van der Waals surface area contributed by atoms with Crippen molar-refractivity contribution in [3.8, 4) is 0 Å². The van der Waals surface area contributed by atoms with Crippen molar-refractivity contribution in [2.75, 3.05) is 6.54 Å². The second-order valence-electron chi connectivity index (χ2n) is 5.74. The second-order valence-corrected chi connectivity index (χ2v) is 5.74. The summed E-state index contributed by atoms with van der Waals surface area (Å²) in [5, 5.41) is 2.82. The molecular weight excluding hydrogens is 204 g/mol. The van der Waals surface area contributed by atoms with Crippen molar-refractivity contribution < 1.29 is 9.59 Å². The van der Waals surface area contributed by atoms with Gasteiger partial charge in [-0.1, -0.05) is 20.8 Å². The monoisotopic (exact) mass is 226 g/mol. The molecule has 0 aromatic rings. The Balaban J connectivity index is 2.97. The van der Waals surface area contributed by atoms with E-state index in [0.717, 1.165) is 0 Å². The molecule has 4 heteroatoms. The maximum Gasteiger partial charge on any atom is 0.245 e. The molecule has 16 heavy (non-hydrogen) atoms. The number of amides is 2. The first-order chi connectivity index (χ1) is 7.23. The molecule has 1 aliphatic rings. The number of carbonyl (C=O) groups excluding carboxylic acids is 2. The summed E-state index contributed by atoms with van der Waals surface area (Å²) in [4.78, 5) is 25.6. The van der Waals surface area contributed by atoms with Crippen molar-refractivity contribution in [3.05, 3.63) is 0 Å². The number of carbonyl (C=O) groups is 2. The summed E-state index contributed by atoms with van der Waals surface area (Å²) >= 11 is 0. The maximum absolute atomic E-state index is 12.3. The SMILES string of the molecule is CC(C)N1CCC(=O)NC(C(C)(C)C)C1=O. The van der Waals surface area contributed by atoms with E-state index in [-0.39, 0.29) is 23.3 Å². The van der Waals surface area contributed by atoms with E-state index >= 15 is 0 Å². The molecule has 1 heterocycles. The molecule has 0 radical (unpaired) electrons. The van der Waals surface area contributed by atoms with E-state index < -0.39 is 6.04 Å².